The van der Waals surface area contributed by atoms with E-state index in [9.17, 15) is 24.6 Å². The van der Waals surface area contributed by atoms with Gasteiger partial charge in [0.1, 0.15) is 6.10 Å². The van der Waals surface area contributed by atoms with Crippen molar-refractivity contribution in [2.24, 2.45) is 23.2 Å². The number of ketones is 1. The number of Topliss-reactive ketones (excluding diaryl/α,β-unsaturated/α-hetero) is 1. The van der Waals surface area contributed by atoms with Crippen LogP contribution in [0.15, 0.2) is 47.1 Å². The van der Waals surface area contributed by atoms with Gasteiger partial charge in [0.15, 0.2) is 19.9 Å². The molecule has 1 fully saturated rings. The second-order valence-electron chi connectivity index (χ2n) is 14.9. The Balaban J connectivity index is 1.81. The van der Waals surface area contributed by atoms with Crippen molar-refractivity contribution in [1.82, 2.24) is 0 Å². The van der Waals surface area contributed by atoms with Crippen LogP contribution >= 0.6 is 0 Å². The zero-order valence-electron chi connectivity index (χ0n) is 28.3. The molecule has 4 rings (SSSR count). The van der Waals surface area contributed by atoms with E-state index in [-0.39, 0.29) is 53.9 Å². The molecule has 1 saturated heterocycles. The van der Waals surface area contributed by atoms with Crippen LogP contribution < -0.4 is 0 Å². The van der Waals surface area contributed by atoms with Crippen LogP contribution in [-0.2, 0) is 28.3 Å². The monoisotopic (exact) mass is 642 g/mol. The fraction of sp³-hybridized carbons (Fsp3) is 0.694. The summed E-state index contributed by atoms with van der Waals surface area (Å²) in [5.41, 5.74) is -0.127. The first-order valence-electron chi connectivity index (χ1n) is 16.8. The third-order valence-electron chi connectivity index (χ3n) is 10.9. The molecule has 2 aliphatic heterocycles. The summed E-state index contributed by atoms with van der Waals surface area (Å²) < 4.78 is 18.2. The van der Waals surface area contributed by atoms with Crippen LogP contribution in [0.1, 0.15) is 92.4 Å². The first-order chi connectivity index (χ1) is 21.2. The first kappa shape index (κ1) is 35.7. The molecule has 6 atom stereocenters. The molecule has 9 heteroatoms. The number of esters is 2. The molecule has 0 saturated carbocycles. The van der Waals surface area contributed by atoms with E-state index >= 15 is 0 Å². The average molecular weight is 643 g/mol. The van der Waals surface area contributed by atoms with Crippen LogP contribution in [-0.4, -0.2) is 61.4 Å². The highest BCUT2D eigenvalue weighted by atomic mass is 28.4. The van der Waals surface area contributed by atoms with Gasteiger partial charge in [-0.3, -0.25) is 4.79 Å². The van der Waals surface area contributed by atoms with Gasteiger partial charge in [-0.25, -0.2) is 9.59 Å². The smallest absolute Gasteiger partial charge is 0.342 e. The van der Waals surface area contributed by atoms with Gasteiger partial charge in [0, 0.05) is 17.4 Å². The number of fused-ring (bicyclic) bond motifs is 1. The van der Waals surface area contributed by atoms with Crippen LogP contribution in [0.2, 0.25) is 18.1 Å². The van der Waals surface area contributed by atoms with Crippen LogP contribution in [0.25, 0.3) is 0 Å². The van der Waals surface area contributed by atoms with Crippen LogP contribution in [0.3, 0.4) is 0 Å². The highest BCUT2D eigenvalue weighted by molar-refractivity contribution is 6.74. The van der Waals surface area contributed by atoms with E-state index in [0.717, 1.165) is 32.1 Å². The average Bonchev–Trinajstić information content (AvgIpc) is 3.38. The number of aliphatic hydroxyl groups is 2. The molecule has 8 nitrogen and oxygen atoms in total. The van der Waals surface area contributed by atoms with E-state index in [4.69, 9.17) is 13.9 Å². The number of carbonyl (C=O) groups excluding carboxylic acids is 3. The van der Waals surface area contributed by atoms with Crippen LogP contribution in [0, 0.1) is 23.2 Å². The number of cyclic esters (lactones) is 2. The van der Waals surface area contributed by atoms with Crippen molar-refractivity contribution in [2.75, 3.05) is 13.2 Å². The van der Waals surface area contributed by atoms with Gasteiger partial charge in [0.25, 0.3) is 0 Å². The van der Waals surface area contributed by atoms with E-state index in [2.05, 4.69) is 46.0 Å². The number of hydrogen-bond acceptors (Lipinski definition) is 8. The molecule has 0 amide bonds. The number of carbonyl (C=O) groups is 3. The zero-order chi connectivity index (χ0) is 33.2. The van der Waals surface area contributed by atoms with Gasteiger partial charge in [-0.1, -0.05) is 64.0 Å². The molecule has 0 spiro atoms. The molecular formula is C36H54O8Si. The van der Waals surface area contributed by atoms with Gasteiger partial charge < -0.3 is 24.1 Å². The van der Waals surface area contributed by atoms with Gasteiger partial charge in [-0.2, -0.15) is 0 Å². The number of unbranched alkanes of at least 4 members (excludes halogenated alkanes) is 3. The second-order valence-corrected chi connectivity index (χ2v) is 19.7. The van der Waals surface area contributed by atoms with Gasteiger partial charge in [0.05, 0.1) is 24.7 Å². The van der Waals surface area contributed by atoms with Crippen molar-refractivity contribution in [3.63, 3.8) is 0 Å². The molecule has 250 valence electrons. The minimum absolute atomic E-state index is 0.00487. The Hall–Kier alpha value is -2.17. The number of rotatable bonds is 15. The largest absolute Gasteiger partial charge is 0.407 e. The third kappa shape index (κ3) is 6.93. The normalized spacial score (nSPS) is 30.6. The highest BCUT2D eigenvalue weighted by Gasteiger charge is 2.67. The van der Waals surface area contributed by atoms with Crippen molar-refractivity contribution in [3.05, 3.63) is 47.1 Å². The molecule has 4 bridgehead atoms. The Morgan fingerprint density at radius 3 is 2.44 bits per heavy atom. The predicted octanol–water partition coefficient (Wildman–Crippen LogP) is 6.49. The third-order valence-corrected chi connectivity index (χ3v) is 15.4. The number of allylic oxidation sites excluding steroid dienone is 5. The molecule has 0 unspecified atom stereocenters. The number of hydrogen-bond donors (Lipinski definition) is 2. The molecule has 4 aliphatic rings. The molecule has 45 heavy (non-hydrogen) atoms. The lowest BCUT2D eigenvalue weighted by Crippen LogP contribution is -2.53. The molecule has 0 aromatic rings. The van der Waals surface area contributed by atoms with Crippen molar-refractivity contribution >= 4 is 26.0 Å². The van der Waals surface area contributed by atoms with Crippen LogP contribution in [0.4, 0.5) is 0 Å². The maximum atomic E-state index is 13.9. The Morgan fingerprint density at radius 2 is 1.80 bits per heavy atom. The van der Waals surface area contributed by atoms with Gasteiger partial charge >= 0.3 is 11.9 Å². The molecule has 2 aliphatic carbocycles. The Kier molecular flexibility index (Phi) is 11.0. The van der Waals surface area contributed by atoms with E-state index < -0.39 is 49.4 Å². The van der Waals surface area contributed by atoms with E-state index in [1.807, 2.05) is 32.1 Å². The Morgan fingerprint density at radius 1 is 1.11 bits per heavy atom. The van der Waals surface area contributed by atoms with E-state index in [1.165, 1.54) is 0 Å². The van der Waals surface area contributed by atoms with Crippen LogP contribution in [0.5, 0.6) is 0 Å². The standard InChI is InChI=1S/C36H54O8Si/c1-8-10-12-13-14-16-17-24-19-29-35(22-37)21-26-30(33(40)43-32(26)39)31(36(29,41)42-23-35)25(24)20-28(27(38)18-15-11-9-2)44-45(6,7)34(3,4)5/h8-11,19,24-25,28,31,37,41H,12-18,20-23H2,1-7H3/b10-8+,11-9+/t24-,25+,28-,31+,35-,36+/m1/s1. The lowest BCUT2D eigenvalue weighted by molar-refractivity contribution is -0.200. The Labute approximate surface area is 270 Å². The molecule has 0 aromatic carbocycles. The topological polar surface area (TPSA) is 119 Å². The van der Waals surface area contributed by atoms with Crippen molar-refractivity contribution in [1.29, 1.82) is 0 Å². The quantitative estimate of drug-likeness (QED) is 0.0684. The van der Waals surface area contributed by atoms with Crippen molar-refractivity contribution < 1.29 is 38.5 Å². The lowest BCUT2D eigenvalue weighted by Gasteiger charge is -2.47. The van der Waals surface area contributed by atoms with E-state index in [1.54, 1.807) is 0 Å². The summed E-state index contributed by atoms with van der Waals surface area (Å²) in [5, 5.41) is 22.9. The summed E-state index contributed by atoms with van der Waals surface area (Å²) in [6.45, 7) is 14.3. The number of aliphatic hydroxyl groups excluding tert-OH is 1. The predicted molar refractivity (Wildman–Crippen MR) is 175 cm³/mol. The van der Waals surface area contributed by atoms with Gasteiger partial charge in [-0.15, -0.1) is 0 Å². The molecule has 2 N–H and O–H groups in total. The lowest BCUT2D eigenvalue weighted by atomic mass is 9.61. The summed E-state index contributed by atoms with van der Waals surface area (Å²) in [6.07, 6.45) is 15.4. The minimum atomic E-state index is -2.42. The molecule has 0 aromatic heterocycles. The fourth-order valence-corrected chi connectivity index (χ4v) is 8.67. The summed E-state index contributed by atoms with van der Waals surface area (Å²) in [6, 6.07) is 0. The van der Waals surface area contributed by atoms with Gasteiger partial charge in [0.2, 0.25) is 0 Å². The second kappa shape index (κ2) is 13.9. The Bertz CT molecular complexity index is 1270. The minimum Gasteiger partial charge on any atom is -0.407 e. The summed E-state index contributed by atoms with van der Waals surface area (Å²) in [4.78, 5) is 40.4. The molecule has 2 heterocycles. The zero-order valence-corrected chi connectivity index (χ0v) is 29.3. The van der Waals surface area contributed by atoms with Gasteiger partial charge in [-0.05, 0) is 87.9 Å². The highest BCUT2D eigenvalue weighted by Crippen LogP contribution is 2.62. The maximum Gasteiger partial charge on any atom is 0.342 e. The van der Waals surface area contributed by atoms with E-state index in [0.29, 0.717) is 18.4 Å². The number of ether oxygens (including phenoxy) is 2. The SMILES string of the molecule is C/C=C/CCCCC[C@@H]1C=C2[C@]3(CO)CO[C@]2(O)[C@H](C2=C(C3)C(=O)OC2=O)[C@H]1C[C@@H](O[Si](C)(C)C(C)(C)C)C(=O)CC/C=C/C. The summed E-state index contributed by atoms with van der Waals surface area (Å²) in [7, 11) is -2.42. The maximum absolute atomic E-state index is 13.9. The van der Waals surface area contributed by atoms with Crippen molar-refractivity contribution in [2.45, 2.75) is 122 Å². The molecular weight excluding hydrogens is 588 g/mol. The summed E-state index contributed by atoms with van der Waals surface area (Å²) >= 11 is 0. The van der Waals surface area contributed by atoms with Crippen molar-refractivity contribution in [3.8, 4) is 0 Å². The fourth-order valence-electron chi connectivity index (χ4n) is 7.38. The molecule has 0 radical (unpaired) electrons. The first-order valence-corrected chi connectivity index (χ1v) is 19.7. The summed E-state index contributed by atoms with van der Waals surface area (Å²) in [5.74, 6) is -4.89.